The second kappa shape index (κ2) is 9.47. The van der Waals surface area contributed by atoms with Crippen molar-refractivity contribution in [2.75, 3.05) is 20.7 Å². The Hall–Kier alpha value is -3.61. The molecular formula is C24H27N3O4. The molecule has 1 aromatic heterocycles. The van der Waals surface area contributed by atoms with Crippen molar-refractivity contribution in [3.63, 3.8) is 0 Å². The highest BCUT2D eigenvalue weighted by Gasteiger charge is 2.20. The zero-order chi connectivity index (χ0) is 22.5. The number of benzene rings is 2. The lowest BCUT2D eigenvalue weighted by Gasteiger charge is -2.21. The van der Waals surface area contributed by atoms with E-state index in [9.17, 15) is 14.4 Å². The Labute approximate surface area is 181 Å². The number of likely N-dealkylation sites (N-methyl/N-ethyl adjacent to an activating group) is 1. The molecule has 2 amide bonds. The van der Waals surface area contributed by atoms with Crippen LogP contribution in [-0.4, -0.2) is 42.0 Å². The first-order valence-electron chi connectivity index (χ1n) is 10.1. The molecule has 1 unspecified atom stereocenters. The van der Waals surface area contributed by atoms with Crippen molar-refractivity contribution in [1.82, 2.24) is 14.8 Å². The number of rotatable bonds is 7. The zero-order valence-corrected chi connectivity index (χ0v) is 18.2. The van der Waals surface area contributed by atoms with Crippen molar-refractivity contribution >= 4 is 22.7 Å². The van der Waals surface area contributed by atoms with Crippen molar-refractivity contribution in [3.8, 4) is 5.75 Å². The Morgan fingerprint density at radius 2 is 1.77 bits per heavy atom. The van der Waals surface area contributed by atoms with E-state index in [1.165, 1.54) is 15.5 Å². The average molecular weight is 421 g/mol. The number of ether oxygens (including phenoxy) is 1. The summed E-state index contributed by atoms with van der Waals surface area (Å²) in [5.41, 5.74) is 1.55. The number of para-hydroxylation sites is 2. The molecule has 0 spiro atoms. The lowest BCUT2D eigenvalue weighted by Crippen LogP contribution is -2.31. The molecule has 0 fully saturated rings. The summed E-state index contributed by atoms with van der Waals surface area (Å²) in [7, 11) is 5.02. The third-order valence-electron chi connectivity index (χ3n) is 5.26. The van der Waals surface area contributed by atoms with Gasteiger partial charge in [-0.1, -0.05) is 43.3 Å². The molecule has 162 valence electrons. The molecule has 0 radical (unpaired) electrons. The standard InChI is InChI=1S/C24H27N3O4/c1-5-19(17-11-7-9-13-21(17)31-15-23(29)26(2)3)25-24(30)18-14-22(28)27(4)20-12-8-6-10-16(18)20/h6-14,19H,5,15H2,1-4H3,(H,25,30). The second-order valence-electron chi connectivity index (χ2n) is 7.52. The number of aryl methyl sites for hydroxylation is 1. The smallest absolute Gasteiger partial charge is 0.259 e. The van der Waals surface area contributed by atoms with Gasteiger partial charge < -0.3 is 19.5 Å². The highest BCUT2D eigenvalue weighted by atomic mass is 16.5. The summed E-state index contributed by atoms with van der Waals surface area (Å²) in [5.74, 6) is 0.0529. The molecule has 0 saturated carbocycles. The molecule has 31 heavy (non-hydrogen) atoms. The first kappa shape index (κ1) is 22.1. The second-order valence-corrected chi connectivity index (χ2v) is 7.52. The van der Waals surface area contributed by atoms with Crippen molar-refractivity contribution in [2.24, 2.45) is 7.05 Å². The number of hydrogen-bond donors (Lipinski definition) is 1. The van der Waals surface area contributed by atoms with Crippen LogP contribution in [0.1, 0.15) is 35.3 Å². The van der Waals surface area contributed by atoms with Gasteiger partial charge in [0.15, 0.2) is 6.61 Å². The number of nitrogens with one attached hydrogen (secondary N) is 1. The van der Waals surface area contributed by atoms with Crippen LogP contribution in [0.25, 0.3) is 10.9 Å². The van der Waals surface area contributed by atoms with Crippen LogP contribution in [0.4, 0.5) is 0 Å². The molecule has 0 saturated heterocycles. The molecular weight excluding hydrogens is 394 g/mol. The number of hydrogen-bond acceptors (Lipinski definition) is 4. The van der Waals surface area contributed by atoms with Crippen LogP contribution in [-0.2, 0) is 11.8 Å². The molecule has 2 aromatic carbocycles. The molecule has 0 bridgehead atoms. The molecule has 0 aliphatic heterocycles. The number of carbonyl (C=O) groups is 2. The van der Waals surface area contributed by atoms with E-state index in [2.05, 4.69) is 5.32 Å². The van der Waals surface area contributed by atoms with Crippen molar-refractivity contribution in [1.29, 1.82) is 0 Å². The topological polar surface area (TPSA) is 80.6 Å². The fourth-order valence-corrected chi connectivity index (χ4v) is 3.40. The zero-order valence-electron chi connectivity index (χ0n) is 18.2. The third kappa shape index (κ3) is 4.77. The number of aromatic nitrogens is 1. The largest absolute Gasteiger partial charge is 0.483 e. The van der Waals surface area contributed by atoms with Gasteiger partial charge in [0, 0.05) is 38.2 Å². The molecule has 3 rings (SSSR count). The van der Waals surface area contributed by atoms with E-state index < -0.39 is 0 Å². The lowest BCUT2D eigenvalue weighted by atomic mass is 10.0. The van der Waals surface area contributed by atoms with Crippen molar-refractivity contribution in [3.05, 3.63) is 76.1 Å². The van der Waals surface area contributed by atoms with Gasteiger partial charge in [-0.2, -0.15) is 0 Å². The highest BCUT2D eigenvalue weighted by molar-refractivity contribution is 6.06. The quantitative estimate of drug-likeness (QED) is 0.636. The predicted molar refractivity (Wildman–Crippen MR) is 120 cm³/mol. The summed E-state index contributed by atoms with van der Waals surface area (Å²) in [6, 6.07) is 15.7. The van der Waals surface area contributed by atoms with E-state index in [1.54, 1.807) is 27.2 Å². The van der Waals surface area contributed by atoms with Crippen LogP contribution in [0, 0.1) is 0 Å². The maximum absolute atomic E-state index is 13.2. The molecule has 1 N–H and O–H groups in total. The highest BCUT2D eigenvalue weighted by Crippen LogP contribution is 2.28. The molecule has 3 aromatic rings. The summed E-state index contributed by atoms with van der Waals surface area (Å²) in [4.78, 5) is 38.9. The maximum Gasteiger partial charge on any atom is 0.259 e. The Balaban J connectivity index is 1.90. The number of pyridine rings is 1. The van der Waals surface area contributed by atoms with Gasteiger partial charge in [-0.25, -0.2) is 0 Å². The maximum atomic E-state index is 13.2. The number of amides is 2. The normalized spacial score (nSPS) is 11.7. The van der Waals surface area contributed by atoms with Gasteiger partial charge in [0.25, 0.3) is 17.4 Å². The molecule has 1 atom stereocenters. The van der Waals surface area contributed by atoms with Gasteiger partial charge in [-0.15, -0.1) is 0 Å². The van der Waals surface area contributed by atoms with E-state index >= 15 is 0 Å². The van der Waals surface area contributed by atoms with Crippen molar-refractivity contribution in [2.45, 2.75) is 19.4 Å². The van der Waals surface area contributed by atoms with Gasteiger partial charge in [-0.3, -0.25) is 14.4 Å². The van der Waals surface area contributed by atoms with E-state index in [-0.39, 0.29) is 30.0 Å². The fourth-order valence-electron chi connectivity index (χ4n) is 3.40. The van der Waals surface area contributed by atoms with Gasteiger partial charge in [0.1, 0.15) is 5.75 Å². The summed E-state index contributed by atoms with van der Waals surface area (Å²) in [6.45, 7) is 1.86. The number of fused-ring (bicyclic) bond motifs is 1. The van der Waals surface area contributed by atoms with Gasteiger partial charge in [-0.05, 0) is 18.6 Å². The summed E-state index contributed by atoms with van der Waals surface area (Å²) in [6.07, 6.45) is 0.608. The first-order valence-corrected chi connectivity index (χ1v) is 10.1. The van der Waals surface area contributed by atoms with Gasteiger partial charge >= 0.3 is 0 Å². The fraction of sp³-hybridized carbons (Fsp3) is 0.292. The monoisotopic (exact) mass is 421 g/mol. The molecule has 7 nitrogen and oxygen atoms in total. The Kier molecular flexibility index (Phi) is 6.74. The van der Waals surface area contributed by atoms with Gasteiger partial charge in [0.2, 0.25) is 0 Å². The van der Waals surface area contributed by atoms with E-state index in [0.29, 0.717) is 28.6 Å². The SMILES string of the molecule is CCC(NC(=O)c1cc(=O)n(C)c2ccccc12)c1ccccc1OCC(=O)N(C)C. The Morgan fingerprint density at radius 3 is 2.48 bits per heavy atom. The van der Waals surface area contributed by atoms with Crippen LogP contribution in [0.5, 0.6) is 5.75 Å². The van der Waals surface area contributed by atoms with E-state index in [1.807, 2.05) is 49.4 Å². The summed E-state index contributed by atoms with van der Waals surface area (Å²) >= 11 is 0. The summed E-state index contributed by atoms with van der Waals surface area (Å²) in [5, 5.41) is 3.73. The van der Waals surface area contributed by atoms with E-state index in [0.717, 1.165) is 5.56 Å². The van der Waals surface area contributed by atoms with Crippen LogP contribution in [0.3, 0.4) is 0 Å². The van der Waals surface area contributed by atoms with Gasteiger partial charge in [0.05, 0.1) is 17.1 Å². The Bertz CT molecular complexity index is 1170. The average Bonchev–Trinajstić information content (AvgIpc) is 2.78. The third-order valence-corrected chi connectivity index (χ3v) is 5.26. The molecule has 0 aliphatic carbocycles. The minimum Gasteiger partial charge on any atom is -0.483 e. The molecule has 0 aliphatic rings. The Morgan fingerprint density at radius 1 is 1.10 bits per heavy atom. The van der Waals surface area contributed by atoms with E-state index in [4.69, 9.17) is 4.74 Å². The van der Waals surface area contributed by atoms with Crippen LogP contribution in [0.2, 0.25) is 0 Å². The molecule has 1 heterocycles. The first-order chi connectivity index (χ1) is 14.8. The minimum atomic E-state index is -0.346. The minimum absolute atomic E-state index is 0.0895. The number of carbonyl (C=O) groups excluding carboxylic acids is 2. The van der Waals surface area contributed by atoms with Crippen LogP contribution in [0.15, 0.2) is 59.4 Å². The van der Waals surface area contributed by atoms with Crippen LogP contribution < -0.4 is 15.6 Å². The predicted octanol–water partition coefficient (Wildman–Crippen LogP) is 2.89. The molecule has 7 heteroatoms. The number of nitrogens with zero attached hydrogens (tertiary/aromatic N) is 2. The van der Waals surface area contributed by atoms with Crippen molar-refractivity contribution < 1.29 is 14.3 Å². The lowest BCUT2D eigenvalue weighted by molar-refractivity contribution is -0.130. The van der Waals surface area contributed by atoms with Crippen LogP contribution >= 0.6 is 0 Å². The summed E-state index contributed by atoms with van der Waals surface area (Å²) < 4.78 is 7.26.